The Morgan fingerprint density at radius 1 is 1.09 bits per heavy atom. The van der Waals surface area contributed by atoms with Crippen molar-refractivity contribution in [3.63, 3.8) is 0 Å². The van der Waals surface area contributed by atoms with Crippen LogP contribution >= 0.6 is 11.3 Å². The van der Waals surface area contributed by atoms with Gasteiger partial charge >= 0.3 is 5.97 Å². The minimum atomic E-state index is -0.669. The Labute approximate surface area is 192 Å². The monoisotopic (exact) mass is 463 g/mol. The average molecular weight is 464 g/mol. The Balaban J connectivity index is 1.81. The lowest BCUT2D eigenvalue weighted by atomic mass is 10.0. The highest BCUT2D eigenvalue weighted by molar-refractivity contribution is 7.18. The first-order valence-electron chi connectivity index (χ1n) is 9.97. The third-order valence-electron chi connectivity index (χ3n) is 5.28. The molecule has 0 aliphatic carbocycles. The van der Waals surface area contributed by atoms with Crippen molar-refractivity contribution in [3.8, 4) is 0 Å². The number of hydrogen-bond acceptors (Lipinski definition) is 7. The fourth-order valence-corrected chi connectivity index (χ4v) is 4.80. The van der Waals surface area contributed by atoms with Gasteiger partial charge in [0.05, 0.1) is 17.6 Å². The summed E-state index contributed by atoms with van der Waals surface area (Å²) in [6.07, 6.45) is 0. The number of rotatable bonds is 4. The van der Waals surface area contributed by atoms with Gasteiger partial charge in [-0.05, 0) is 35.4 Å². The first-order chi connectivity index (χ1) is 15.7. The van der Waals surface area contributed by atoms with Gasteiger partial charge in [0.1, 0.15) is 16.1 Å². The molecule has 0 saturated heterocycles. The number of anilines is 1. The molecule has 2 heterocycles. The summed E-state index contributed by atoms with van der Waals surface area (Å²) in [4.78, 5) is 39.8. The van der Waals surface area contributed by atoms with E-state index in [4.69, 9.17) is 14.6 Å². The maximum atomic E-state index is 13.2. The molecule has 2 aromatic carbocycles. The highest BCUT2D eigenvalue weighted by Crippen LogP contribution is 2.35. The van der Waals surface area contributed by atoms with Crippen LogP contribution in [0.3, 0.4) is 0 Å². The van der Waals surface area contributed by atoms with Crippen LogP contribution in [0.1, 0.15) is 36.0 Å². The van der Waals surface area contributed by atoms with Crippen LogP contribution in [0.25, 0.3) is 21.7 Å². The van der Waals surface area contributed by atoms with Crippen LogP contribution in [0.5, 0.6) is 0 Å². The Hall–Kier alpha value is -3.98. The second-order valence-electron chi connectivity index (χ2n) is 7.59. The first kappa shape index (κ1) is 22.2. The van der Waals surface area contributed by atoms with Crippen LogP contribution < -0.4 is 10.9 Å². The predicted molar refractivity (Wildman–Crippen MR) is 126 cm³/mol. The van der Waals surface area contributed by atoms with Crippen LogP contribution in [0.15, 0.2) is 46.9 Å². The third-order valence-corrected chi connectivity index (χ3v) is 6.48. The van der Waals surface area contributed by atoms with Crippen molar-refractivity contribution in [2.75, 3.05) is 26.5 Å². The number of thiophene rings is 1. The molecular formula is C24H21N3O5S. The Morgan fingerprint density at radius 2 is 1.82 bits per heavy atom. The molecule has 0 bridgehead atoms. The van der Waals surface area contributed by atoms with Crippen LogP contribution in [0.2, 0.25) is 0 Å². The van der Waals surface area contributed by atoms with Gasteiger partial charge < -0.3 is 19.4 Å². The number of esters is 1. The van der Waals surface area contributed by atoms with E-state index in [1.54, 1.807) is 33.2 Å². The lowest BCUT2D eigenvalue weighted by molar-refractivity contribution is 0.0601. The molecule has 0 spiro atoms. The highest BCUT2D eigenvalue weighted by atomic mass is 32.1. The van der Waals surface area contributed by atoms with Crippen molar-refractivity contribution in [1.29, 1.82) is 5.41 Å². The summed E-state index contributed by atoms with van der Waals surface area (Å²) in [5.41, 5.74) is 0.696. The molecule has 33 heavy (non-hydrogen) atoms. The molecule has 2 aromatic heterocycles. The van der Waals surface area contributed by atoms with Gasteiger partial charge in [0.25, 0.3) is 11.8 Å². The van der Waals surface area contributed by atoms with E-state index in [-0.39, 0.29) is 27.6 Å². The fourth-order valence-electron chi connectivity index (χ4n) is 3.58. The standard InChI is InChI=1S/C24H21N3O5S/c1-12-18(24(30)31-4)22(33-19(12)23(29)27(2)3)26-21(28)16-11-15-14-8-6-5-7-13(14)9-10-17(15)32-20(16)25/h5-11,25H,1-4H3,(H,26,28). The maximum Gasteiger partial charge on any atom is 0.341 e. The minimum absolute atomic E-state index is 0.00112. The molecule has 168 valence electrons. The van der Waals surface area contributed by atoms with Crippen molar-refractivity contribution in [3.05, 3.63) is 69.6 Å². The quantitative estimate of drug-likeness (QED) is 0.348. The Kier molecular flexibility index (Phi) is 5.73. The van der Waals surface area contributed by atoms with E-state index in [9.17, 15) is 14.4 Å². The van der Waals surface area contributed by atoms with Gasteiger partial charge in [0.2, 0.25) is 5.55 Å². The summed E-state index contributed by atoms with van der Waals surface area (Å²) >= 11 is 0.985. The number of methoxy groups -OCH3 is 1. The number of carbonyl (C=O) groups is 3. The molecule has 4 rings (SSSR count). The summed E-state index contributed by atoms with van der Waals surface area (Å²) in [6.45, 7) is 1.63. The number of nitrogens with zero attached hydrogens (tertiary/aromatic N) is 1. The summed E-state index contributed by atoms with van der Waals surface area (Å²) < 4.78 is 10.5. The normalized spacial score (nSPS) is 10.9. The summed E-state index contributed by atoms with van der Waals surface area (Å²) in [5.74, 6) is -1.59. The number of benzene rings is 2. The van der Waals surface area contributed by atoms with Crippen LogP contribution in [-0.2, 0) is 4.74 Å². The van der Waals surface area contributed by atoms with Gasteiger partial charge in [-0.3, -0.25) is 15.0 Å². The zero-order valence-corrected chi connectivity index (χ0v) is 19.3. The second kappa shape index (κ2) is 8.51. The SMILES string of the molecule is COC(=O)c1c(NC(=O)c2cc3c(ccc4ccccc43)oc2=N)sc(C(=O)N(C)C)c1C. The summed E-state index contributed by atoms with van der Waals surface area (Å²) in [6, 6.07) is 12.9. The van der Waals surface area contributed by atoms with Crippen molar-refractivity contribution in [1.82, 2.24) is 4.90 Å². The van der Waals surface area contributed by atoms with Crippen molar-refractivity contribution in [2.24, 2.45) is 0 Å². The third kappa shape index (κ3) is 3.87. The van der Waals surface area contributed by atoms with E-state index in [0.29, 0.717) is 21.4 Å². The highest BCUT2D eigenvalue weighted by Gasteiger charge is 2.27. The van der Waals surface area contributed by atoms with Crippen molar-refractivity contribution in [2.45, 2.75) is 6.92 Å². The molecule has 0 aliphatic rings. The van der Waals surface area contributed by atoms with E-state index in [0.717, 1.165) is 22.1 Å². The van der Waals surface area contributed by atoms with Gasteiger partial charge in [-0.1, -0.05) is 30.3 Å². The van der Waals surface area contributed by atoms with E-state index >= 15 is 0 Å². The van der Waals surface area contributed by atoms with E-state index < -0.39 is 11.9 Å². The molecule has 2 amide bonds. The number of nitrogens with one attached hydrogen (secondary N) is 2. The molecule has 0 saturated carbocycles. The van der Waals surface area contributed by atoms with E-state index in [2.05, 4.69) is 5.32 Å². The fraction of sp³-hybridized carbons (Fsp3) is 0.167. The Morgan fingerprint density at radius 3 is 2.52 bits per heavy atom. The number of fused-ring (bicyclic) bond motifs is 3. The predicted octanol–water partition coefficient (Wildman–Crippen LogP) is 4.18. The van der Waals surface area contributed by atoms with Crippen molar-refractivity contribution < 1.29 is 23.5 Å². The van der Waals surface area contributed by atoms with E-state index in [1.165, 1.54) is 12.0 Å². The summed E-state index contributed by atoms with van der Waals surface area (Å²) in [5, 5.41) is 13.6. The molecule has 2 N–H and O–H groups in total. The maximum absolute atomic E-state index is 13.2. The van der Waals surface area contributed by atoms with E-state index in [1.807, 2.05) is 30.3 Å². The van der Waals surface area contributed by atoms with Crippen LogP contribution in [0, 0.1) is 12.3 Å². The summed E-state index contributed by atoms with van der Waals surface area (Å²) in [7, 11) is 4.43. The lowest BCUT2D eigenvalue weighted by Gasteiger charge is -2.08. The number of hydrogen-bond donors (Lipinski definition) is 2. The van der Waals surface area contributed by atoms with Gasteiger partial charge in [0.15, 0.2) is 0 Å². The topological polar surface area (TPSA) is 113 Å². The number of ether oxygens (including phenoxy) is 1. The molecule has 8 nitrogen and oxygen atoms in total. The van der Waals surface area contributed by atoms with Gasteiger partial charge in [-0.2, -0.15) is 0 Å². The molecule has 9 heteroatoms. The zero-order valence-electron chi connectivity index (χ0n) is 18.4. The van der Waals surface area contributed by atoms with Gasteiger partial charge in [0, 0.05) is 19.5 Å². The smallest absolute Gasteiger partial charge is 0.341 e. The minimum Gasteiger partial charge on any atom is -0.465 e. The molecule has 0 atom stereocenters. The number of amides is 2. The average Bonchev–Trinajstić information content (AvgIpc) is 3.12. The largest absolute Gasteiger partial charge is 0.465 e. The second-order valence-corrected chi connectivity index (χ2v) is 8.61. The molecule has 0 unspecified atom stereocenters. The molecule has 0 radical (unpaired) electrons. The van der Waals surface area contributed by atoms with Crippen LogP contribution in [-0.4, -0.2) is 43.9 Å². The van der Waals surface area contributed by atoms with Gasteiger partial charge in [-0.25, -0.2) is 4.79 Å². The Bertz CT molecular complexity index is 1500. The number of carbonyl (C=O) groups excluding carboxylic acids is 3. The molecule has 4 aromatic rings. The first-order valence-corrected chi connectivity index (χ1v) is 10.8. The zero-order chi connectivity index (χ0) is 23.9. The van der Waals surface area contributed by atoms with Crippen molar-refractivity contribution >= 4 is 55.9 Å². The lowest BCUT2D eigenvalue weighted by Crippen LogP contribution is -2.21. The molecule has 0 aliphatic heterocycles. The van der Waals surface area contributed by atoms with Crippen LogP contribution in [0.4, 0.5) is 5.00 Å². The van der Waals surface area contributed by atoms with Gasteiger partial charge in [-0.15, -0.1) is 11.3 Å². The molecular weight excluding hydrogens is 442 g/mol. The molecule has 0 fully saturated rings.